The van der Waals surface area contributed by atoms with Crippen LogP contribution in [0.4, 0.5) is 17.1 Å². The van der Waals surface area contributed by atoms with E-state index in [0.717, 1.165) is 32.4 Å². The summed E-state index contributed by atoms with van der Waals surface area (Å²) in [6.45, 7) is 2.12. The lowest BCUT2D eigenvalue weighted by Gasteiger charge is -2.27. The molecule has 0 amide bonds. The molecule has 31 heavy (non-hydrogen) atoms. The van der Waals surface area contributed by atoms with Crippen molar-refractivity contribution in [3.63, 3.8) is 0 Å². The highest BCUT2D eigenvalue weighted by Gasteiger charge is 2.19. The second kappa shape index (κ2) is 10.4. The maximum absolute atomic E-state index is 10.7. The SMILES string of the molecule is CNCCCN1c2ccccc2CCc2ccccc21.Nc1ccc(S(N)(=O)=O)cc1. The number of anilines is 3. The average molecular weight is 439 g/mol. The normalized spacial score (nSPS) is 12.8. The highest BCUT2D eigenvalue weighted by Crippen LogP contribution is 2.35. The predicted octanol–water partition coefficient (Wildman–Crippen LogP) is 3.45. The van der Waals surface area contributed by atoms with Gasteiger partial charge in [-0.1, -0.05) is 36.4 Å². The number of aryl methyl sites for hydroxylation is 2. The molecule has 0 atom stereocenters. The number of sulfonamides is 1. The quantitative estimate of drug-likeness (QED) is 0.418. The minimum Gasteiger partial charge on any atom is -0.399 e. The van der Waals surface area contributed by atoms with E-state index in [2.05, 4.69) is 58.7 Å². The van der Waals surface area contributed by atoms with E-state index in [0.29, 0.717) is 5.69 Å². The van der Waals surface area contributed by atoms with E-state index in [1.165, 1.54) is 46.8 Å². The topological polar surface area (TPSA) is 101 Å². The fraction of sp³-hybridized carbons (Fsp3) is 0.250. The Kier molecular flexibility index (Phi) is 7.68. The number of hydrogen-bond acceptors (Lipinski definition) is 5. The van der Waals surface area contributed by atoms with Gasteiger partial charge in [0.1, 0.15) is 0 Å². The van der Waals surface area contributed by atoms with Gasteiger partial charge in [-0.3, -0.25) is 0 Å². The van der Waals surface area contributed by atoms with Crippen LogP contribution in [0.15, 0.2) is 77.7 Å². The van der Waals surface area contributed by atoms with Crippen molar-refractivity contribution in [2.75, 3.05) is 30.8 Å². The van der Waals surface area contributed by atoms with Crippen molar-refractivity contribution >= 4 is 27.1 Å². The largest absolute Gasteiger partial charge is 0.399 e. The van der Waals surface area contributed by atoms with Gasteiger partial charge in [0.25, 0.3) is 0 Å². The Hall–Kier alpha value is -2.87. The van der Waals surface area contributed by atoms with Gasteiger partial charge >= 0.3 is 0 Å². The van der Waals surface area contributed by atoms with E-state index >= 15 is 0 Å². The molecule has 0 saturated heterocycles. The first-order valence-corrected chi connectivity index (χ1v) is 11.9. The van der Waals surface area contributed by atoms with Crippen molar-refractivity contribution in [2.45, 2.75) is 24.2 Å². The summed E-state index contributed by atoms with van der Waals surface area (Å²) < 4.78 is 21.4. The molecule has 1 aliphatic heterocycles. The number of nitrogen functional groups attached to an aromatic ring is 1. The van der Waals surface area contributed by atoms with Crippen molar-refractivity contribution < 1.29 is 8.42 Å². The lowest BCUT2D eigenvalue weighted by Crippen LogP contribution is -2.22. The lowest BCUT2D eigenvalue weighted by atomic mass is 10.0. The van der Waals surface area contributed by atoms with Gasteiger partial charge in [0.05, 0.1) is 4.90 Å². The number of para-hydroxylation sites is 2. The Balaban J connectivity index is 0.000000210. The summed E-state index contributed by atoms with van der Waals surface area (Å²) >= 11 is 0. The molecule has 3 aromatic carbocycles. The Labute approximate surface area is 184 Å². The molecular weight excluding hydrogens is 408 g/mol. The first-order valence-electron chi connectivity index (χ1n) is 10.4. The smallest absolute Gasteiger partial charge is 0.238 e. The molecule has 0 unspecified atom stereocenters. The number of nitrogens with two attached hydrogens (primary N) is 2. The van der Waals surface area contributed by atoms with E-state index in [-0.39, 0.29) is 4.90 Å². The fourth-order valence-corrected chi connectivity index (χ4v) is 4.20. The first-order chi connectivity index (χ1) is 14.9. The van der Waals surface area contributed by atoms with Crippen LogP contribution in [0.3, 0.4) is 0 Å². The van der Waals surface area contributed by atoms with Crippen LogP contribution >= 0.6 is 0 Å². The molecule has 7 heteroatoms. The standard InChI is InChI=1S/C18H22N2.C6H8N2O2S/c1-19-13-6-14-20-17-9-4-2-7-15(17)11-12-16-8-3-5-10-18(16)20;7-5-1-3-6(4-2-5)11(8,9)10/h2-5,7-10,19H,6,11-14H2,1H3;1-4H,7H2,(H2,8,9,10). The van der Waals surface area contributed by atoms with Crippen molar-refractivity contribution in [1.82, 2.24) is 5.32 Å². The van der Waals surface area contributed by atoms with Crippen LogP contribution < -0.4 is 21.1 Å². The molecule has 3 aromatic rings. The number of nitrogens with zero attached hydrogens (tertiary/aromatic N) is 1. The summed E-state index contributed by atoms with van der Waals surface area (Å²) in [5, 5.41) is 8.08. The molecule has 0 saturated carbocycles. The van der Waals surface area contributed by atoms with Crippen LogP contribution in [0, 0.1) is 0 Å². The number of rotatable bonds is 5. The van der Waals surface area contributed by atoms with Gasteiger partial charge in [-0.25, -0.2) is 13.6 Å². The third-order valence-electron chi connectivity index (χ3n) is 5.25. The summed E-state index contributed by atoms with van der Waals surface area (Å²) in [7, 11) is -1.56. The number of nitrogens with one attached hydrogen (secondary N) is 1. The van der Waals surface area contributed by atoms with Crippen molar-refractivity contribution in [3.8, 4) is 0 Å². The van der Waals surface area contributed by atoms with Crippen LogP contribution in [0.5, 0.6) is 0 Å². The van der Waals surface area contributed by atoms with Gasteiger partial charge in [-0.2, -0.15) is 0 Å². The zero-order valence-corrected chi connectivity index (χ0v) is 18.6. The Morgan fingerprint density at radius 3 is 1.87 bits per heavy atom. The van der Waals surface area contributed by atoms with Gasteiger partial charge in [0, 0.05) is 23.6 Å². The summed E-state index contributed by atoms with van der Waals surface area (Å²) in [6.07, 6.45) is 3.42. The van der Waals surface area contributed by atoms with E-state index in [9.17, 15) is 8.42 Å². The van der Waals surface area contributed by atoms with E-state index in [1.54, 1.807) is 0 Å². The predicted molar refractivity (Wildman–Crippen MR) is 128 cm³/mol. The van der Waals surface area contributed by atoms with Crippen LogP contribution in [0.1, 0.15) is 17.5 Å². The minimum atomic E-state index is -3.58. The summed E-state index contributed by atoms with van der Waals surface area (Å²) in [6, 6.07) is 23.4. The van der Waals surface area contributed by atoms with Crippen molar-refractivity contribution in [2.24, 2.45) is 5.14 Å². The number of benzene rings is 3. The molecule has 5 N–H and O–H groups in total. The van der Waals surface area contributed by atoms with Gasteiger partial charge < -0.3 is 16.0 Å². The van der Waals surface area contributed by atoms with Gasteiger partial charge in [0.2, 0.25) is 10.0 Å². The molecule has 0 aliphatic carbocycles. The molecular formula is C24H30N4O2S. The average Bonchev–Trinajstić information content (AvgIpc) is 2.91. The molecule has 4 rings (SSSR count). The molecule has 0 bridgehead atoms. The van der Waals surface area contributed by atoms with Gasteiger partial charge in [-0.15, -0.1) is 0 Å². The maximum Gasteiger partial charge on any atom is 0.238 e. The summed E-state index contributed by atoms with van der Waals surface area (Å²) in [4.78, 5) is 2.57. The number of hydrogen-bond donors (Lipinski definition) is 3. The molecule has 0 radical (unpaired) electrons. The Morgan fingerprint density at radius 2 is 1.39 bits per heavy atom. The van der Waals surface area contributed by atoms with Crippen LogP contribution in [0.2, 0.25) is 0 Å². The summed E-state index contributed by atoms with van der Waals surface area (Å²) in [5.74, 6) is 0. The van der Waals surface area contributed by atoms with Crippen LogP contribution in [-0.4, -0.2) is 28.6 Å². The Bertz CT molecular complexity index is 1050. The molecule has 0 fully saturated rings. The van der Waals surface area contributed by atoms with E-state index in [4.69, 9.17) is 10.9 Å². The molecule has 0 spiro atoms. The summed E-state index contributed by atoms with van der Waals surface area (Å²) in [5.41, 5.74) is 11.5. The first kappa shape index (κ1) is 22.8. The molecule has 6 nitrogen and oxygen atoms in total. The monoisotopic (exact) mass is 438 g/mol. The second-order valence-electron chi connectivity index (χ2n) is 7.48. The molecule has 1 aliphatic rings. The van der Waals surface area contributed by atoms with Crippen LogP contribution in [0.25, 0.3) is 0 Å². The van der Waals surface area contributed by atoms with Gasteiger partial charge in [-0.05, 0) is 80.4 Å². The fourth-order valence-electron chi connectivity index (χ4n) is 3.68. The zero-order chi connectivity index (χ0) is 22.3. The van der Waals surface area contributed by atoms with Crippen molar-refractivity contribution in [3.05, 3.63) is 83.9 Å². The second-order valence-corrected chi connectivity index (χ2v) is 9.04. The van der Waals surface area contributed by atoms with E-state index < -0.39 is 10.0 Å². The number of fused-ring (bicyclic) bond motifs is 2. The minimum absolute atomic E-state index is 0.0756. The highest BCUT2D eigenvalue weighted by atomic mass is 32.2. The van der Waals surface area contributed by atoms with Gasteiger partial charge in [0.15, 0.2) is 0 Å². The zero-order valence-electron chi connectivity index (χ0n) is 17.8. The Morgan fingerprint density at radius 1 is 0.871 bits per heavy atom. The number of primary sulfonamides is 1. The molecule has 1 heterocycles. The van der Waals surface area contributed by atoms with Crippen molar-refractivity contribution in [1.29, 1.82) is 0 Å². The third-order valence-corrected chi connectivity index (χ3v) is 6.17. The highest BCUT2D eigenvalue weighted by molar-refractivity contribution is 7.89. The maximum atomic E-state index is 10.7. The van der Waals surface area contributed by atoms with Crippen LogP contribution in [-0.2, 0) is 22.9 Å². The lowest BCUT2D eigenvalue weighted by molar-refractivity contribution is 0.598. The molecule has 0 aromatic heterocycles. The third kappa shape index (κ3) is 6.07. The van der Waals surface area contributed by atoms with E-state index in [1.807, 2.05) is 7.05 Å². The molecule has 164 valence electrons.